The minimum atomic E-state index is 0.628. The summed E-state index contributed by atoms with van der Waals surface area (Å²) in [5, 5.41) is 8.38. The number of guanidine groups is 1. The Morgan fingerprint density at radius 3 is 3.00 bits per heavy atom. The maximum atomic E-state index is 6.03. The topological polar surface area (TPSA) is 54.7 Å². The van der Waals surface area contributed by atoms with Gasteiger partial charge in [-0.3, -0.25) is 9.67 Å². The Hall–Kier alpha value is -2.21. The number of halogens is 1. The van der Waals surface area contributed by atoms with Gasteiger partial charge in [-0.05, 0) is 36.5 Å². The van der Waals surface area contributed by atoms with Crippen molar-refractivity contribution in [2.45, 2.75) is 19.4 Å². The molecule has 0 amide bonds. The lowest BCUT2D eigenvalue weighted by Gasteiger charge is -2.22. The third-order valence-corrected chi connectivity index (χ3v) is 5.00. The largest absolute Gasteiger partial charge is 0.496 e. The van der Waals surface area contributed by atoms with Crippen LogP contribution in [0.25, 0.3) is 0 Å². The van der Waals surface area contributed by atoms with E-state index in [9.17, 15) is 0 Å². The summed E-state index contributed by atoms with van der Waals surface area (Å²) in [5.74, 6) is 2.34. The molecular weight excluding hydrogens is 350 g/mol. The SMILES string of the molecule is CN=C(NCc1ccc(Cl)cc1OC)N1CCC(Cc2cnn(C)c2)C1. The van der Waals surface area contributed by atoms with Gasteiger partial charge in [-0.25, -0.2) is 0 Å². The van der Waals surface area contributed by atoms with Crippen LogP contribution in [0, 0.1) is 5.92 Å². The Balaban J connectivity index is 1.56. The molecule has 1 aliphatic heterocycles. The zero-order valence-electron chi connectivity index (χ0n) is 15.6. The second-order valence-corrected chi connectivity index (χ2v) is 7.12. The summed E-state index contributed by atoms with van der Waals surface area (Å²) in [6.45, 7) is 2.67. The smallest absolute Gasteiger partial charge is 0.193 e. The number of hydrogen-bond donors (Lipinski definition) is 1. The average molecular weight is 376 g/mol. The zero-order chi connectivity index (χ0) is 18.5. The molecular formula is C19H26ClN5O. The van der Waals surface area contributed by atoms with Crippen LogP contribution in [0.3, 0.4) is 0 Å². The standard InChI is InChI=1S/C19H26ClN5O/c1-21-19(22-11-16-4-5-17(20)9-18(16)26-3)25-7-6-14(13-25)8-15-10-23-24(2)12-15/h4-5,9-10,12,14H,6-8,11,13H2,1-3H3,(H,21,22). The number of aromatic nitrogens is 2. The van der Waals surface area contributed by atoms with Crippen molar-refractivity contribution in [3.05, 3.63) is 46.7 Å². The maximum Gasteiger partial charge on any atom is 0.193 e. The molecule has 1 aliphatic rings. The summed E-state index contributed by atoms with van der Waals surface area (Å²) in [5.41, 5.74) is 2.36. The number of ether oxygens (including phenoxy) is 1. The molecule has 0 spiro atoms. The molecule has 0 aliphatic carbocycles. The van der Waals surface area contributed by atoms with Gasteiger partial charge in [0.25, 0.3) is 0 Å². The van der Waals surface area contributed by atoms with Crippen molar-refractivity contribution in [3.8, 4) is 5.75 Å². The molecule has 0 radical (unpaired) electrons. The van der Waals surface area contributed by atoms with Crippen LogP contribution in [0.4, 0.5) is 0 Å². The van der Waals surface area contributed by atoms with Gasteiger partial charge in [-0.1, -0.05) is 17.7 Å². The van der Waals surface area contributed by atoms with Crippen LogP contribution in [-0.2, 0) is 20.0 Å². The van der Waals surface area contributed by atoms with Crippen molar-refractivity contribution in [3.63, 3.8) is 0 Å². The molecule has 1 fully saturated rings. The zero-order valence-corrected chi connectivity index (χ0v) is 16.3. The summed E-state index contributed by atoms with van der Waals surface area (Å²) in [4.78, 5) is 6.77. The first-order valence-corrected chi connectivity index (χ1v) is 9.22. The molecule has 1 unspecified atom stereocenters. The third-order valence-electron chi connectivity index (χ3n) is 4.77. The summed E-state index contributed by atoms with van der Waals surface area (Å²) in [6.07, 6.45) is 6.29. The molecule has 1 aromatic heterocycles. The molecule has 0 bridgehead atoms. The van der Waals surface area contributed by atoms with Crippen LogP contribution in [-0.4, -0.2) is 47.9 Å². The lowest BCUT2D eigenvalue weighted by molar-refractivity contribution is 0.408. The number of methoxy groups -OCH3 is 1. The fraction of sp³-hybridized carbons (Fsp3) is 0.474. The minimum absolute atomic E-state index is 0.628. The van der Waals surface area contributed by atoms with Crippen molar-refractivity contribution in [1.82, 2.24) is 20.0 Å². The van der Waals surface area contributed by atoms with Gasteiger partial charge in [0.2, 0.25) is 0 Å². The normalized spacial score (nSPS) is 17.6. The Labute approximate surface area is 159 Å². The highest BCUT2D eigenvalue weighted by Crippen LogP contribution is 2.24. The number of nitrogens with zero attached hydrogens (tertiary/aromatic N) is 4. The van der Waals surface area contributed by atoms with Crippen molar-refractivity contribution in [2.24, 2.45) is 18.0 Å². The highest BCUT2D eigenvalue weighted by atomic mass is 35.5. The van der Waals surface area contributed by atoms with Crippen LogP contribution < -0.4 is 10.1 Å². The fourth-order valence-corrected chi connectivity index (χ4v) is 3.64. The van der Waals surface area contributed by atoms with Crippen LogP contribution in [0.5, 0.6) is 5.75 Å². The number of nitrogens with one attached hydrogen (secondary N) is 1. The van der Waals surface area contributed by atoms with Gasteiger partial charge in [0.1, 0.15) is 5.75 Å². The van der Waals surface area contributed by atoms with E-state index in [0.717, 1.165) is 36.8 Å². The molecule has 26 heavy (non-hydrogen) atoms. The van der Waals surface area contributed by atoms with E-state index in [-0.39, 0.29) is 0 Å². The highest BCUT2D eigenvalue weighted by Gasteiger charge is 2.25. The third kappa shape index (κ3) is 4.49. The Morgan fingerprint density at radius 1 is 1.46 bits per heavy atom. The molecule has 3 rings (SSSR count). The number of rotatable bonds is 5. The quantitative estimate of drug-likeness (QED) is 0.645. The van der Waals surface area contributed by atoms with Gasteiger partial charge in [0.15, 0.2) is 5.96 Å². The molecule has 2 heterocycles. The monoisotopic (exact) mass is 375 g/mol. The number of hydrogen-bond acceptors (Lipinski definition) is 3. The van der Waals surface area contributed by atoms with Crippen molar-refractivity contribution < 1.29 is 4.74 Å². The summed E-state index contributed by atoms with van der Waals surface area (Å²) >= 11 is 6.03. The van der Waals surface area contributed by atoms with E-state index < -0.39 is 0 Å². The van der Waals surface area contributed by atoms with Crippen molar-refractivity contribution >= 4 is 17.6 Å². The van der Waals surface area contributed by atoms with Crippen molar-refractivity contribution in [2.75, 3.05) is 27.2 Å². The molecule has 140 valence electrons. The number of likely N-dealkylation sites (tertiary alicyclic amines) is 1. The maximum absolute atomic E-state index is 6.03. The van der Waals surface area contributed by atoms with Gasteiger partial charge in [0.05, 0.1) is 13.3 Å². The fourth-order valence-electron chi connectivity index (χ4n) is 3.47. The first-order chi connectivity index (χ1) is 12.6. The first kappa shape index (κ1) is 18.6. The number of aryl methyl sites for hydroxylation is 1. The number of benzene rings is 1. The van der Waals surface area contributed by atoms with E-state index in [1.807, 2.05) is 43.2 Å². The van der Waals surface area contributed by atoms with Gasteiger partial charge in [-0.15, -0.1) is 0 Å². The van der Waals surface area contributed by atoms with E-state index in [2.05, 4.69) is 26.5 Å². The minimum Gasteiger partial charge on any atom is -0.496 e. The highest BCUT2D eigenvalue weighted by molar-refractivity contribution is 6.30. The molecule has 6 nitrogen and oxygen atoms in total. The van der Waals surface area contributed by atoms with E-state index in [1.165, 1.54) is 12.0 Å². The van der Waals surface area contributed by atoms with Gasteiger partial charge in [-0.2, -0.15) is 5.10 Å². The summed E-state index contributed by atoms with van der Waals surface area (Å²) < 4.78 is 7.28. The molecule has 0 saturated carbocycles. The molecule has 1 N–H and O–H groups in total. The Bertz CT molecular complexity index is 773. The van der Waals surface area contributed by atoms with E-state index in [4.69, 9.17) is 16.3 Å². The van der Waals surface area contributed by atoms with Crippen LogP contribution in [0.15, 0.2) is 35.6 Å². The predicted octanol–water partition coefficient (Wildman–Crippen LogP) is 2.72. The van der Waals surface area contributed by atoms with Gasteiger partial charge < -0.3 is 15.0 Å². The summed E-state index contributed by atoms with van der Waals surface area (Å²) in [7, 11) is 5.45. The van der Waals surface area contributed by atoms with Gasteiger partial charge in [0, 0.05) is 50.5 Å². The van der Waals surface area contributed by atoms with E-state index >= 15 is 0 Å². The molecule has 1 aromatic carbocycles. The Kier molecular flexibility index (Phi) is 6.04. The van der Waals surface area contributed by atoms with Crippen molar-refractivity contribution in [1.29, 1.82) is 0 Å². The van der Waals surface area contributed by atoms with Crippen LogP contribution in [0.2, 0.25) is 5.02 Å². The first-order valence-electron chi connectivity index (χ1n) is 8.84. The Morgan fingerprint density at radius 2 is 2.31 bits per heavy atom. The molecule has 7 heteroatoms. The lowest BCUT2D eigenvalue weighted by Crippen LogP contribution is -2.39. The molecule has 1 saturated heterocycles. The predicted molar refractivity (Wildman–Crippen MR) is 105 cm³/mol. The molecule has 2 aromatic rings. The second-order valence-electron chi connectivity index (χ2n) is 6.68. The second kappa shape index (κ2) is 8.45. The lowest BCUT2D eigenvalue weighted by atomic mass is 10.0. The van der Waals surface area contributed by atoms with Crippen LogP contribution in [0.1, 0.15) is 17.5 Å². The van der Waals surface area contributed by atoms with Crippen LogP contribution >= 0.6 is 11.6 Å². The van der Waals surface area contributed by atoms with E-state index in [1.54, 1.807) is 7.11 Å². The number of aliphatic imine (C=N–C) groups is 1. The van der Waals surface area contributed by atoms with Gasteiger partial charge >= 0.3 is 0 Å². The van der Waals surface area contributed by atoms with E-state index in [0.29, 0.717) is 17.5 Å². The average Bonchev–Trinajstić information content (AvgIpc) is 3.26. The summed E-state index contributed by atoms with van der Waals surface area (Å²) in [6, 6.07) is 5.70. The molecule has 1 atom stereocenters.